The Balaban J connectivity index is 1.91. The van der Waals surface area contributed by atoms with Gasteiger partial charge in [0.1, 0.15) is 0 Å². The molecule has 1 atom stereocenters. The highest BCUT2D eigenvalue weighted by atomic mass is 19.1. The van der Waals surface area contributed by atoms with Gasteiger partial charge in [-0.3, -0.25) is 0 Å². The maximum absolute atomic E-state index is 14.0. The van der Waals surface area contributed by atoms with Crippen LogP contribution in [0.25, 0.3) is 0 Å². The minimum Gasteiger partial charge on any atom is -0.494 e. The number of rotatable bonds is 5. The zero-order chi connectivity index (χ0) is 13.7. The maximum atomic E-state index is 14.0. The first-order valence-electron chi connectivity index (χ1n) is 7.27. The summed E-state index contributed by atoms with van der Waals surface area (Å²) in [5, 5.41) is 3.47. The molecule has 1 N–H and O–H groups in total. The van der Waals surface area contributed by atoms with E-state index in [1.54, 1.807) is 6.07 Å². The predicted octanol–water partition coefficient (Wildman–Crippen LogP) is 3.89. The van der Waals surface area contributed by atoms with Crippen molar-refractivity contribution >= 4 is 0 Å². The summed E-state index contributed by atoms with van der Waals surface area (Å²) in [6, 6.07) is 5.76. The van der Waals surface area contributed by atoms with Crippen molar-refractivity contribution in [2.45, 2.75) is 51.6 Å². The normalized spacial score (nSPS) is 18.3. The van der Waals surface area contributed by atoms with E-state index in [1.165, 1.54) is 39.2 Å². The topological polar surface area (TPSA) is 21.3 Å². The van der Waals surface area contributed by atoms with Gasteiger partial charge < -0.3 is 10.1 Å². The summed E-state index contributed by atoms with van der Waals surface area (Å²) in [6.45, 7) is 2.79. The zero-order valence-corrected chi connectivity index (χ0v) is 11.9. The Morgan fingerprint density at radius 3 is 2.74 bits per heavy atom. The van der Waals surface area contributed by atoms with Crippen LogP contribution < -0.4 is 10.1 Å². The minimum absolute atomic E-state index is 0.242. The first-order chi connectivity index (χ1) is 9.22. The van der Waals surface area contributed by atoms with E-state index in [0.717, 1.165) is 5.92 Å². The third-order valence-electron chi connectivity index (χ3n) is 4.23. The standard InChI is InChI=1S/C16H24FNO/c1-12(13-7-4-3-5-8-13)18-11-14-9-6-10-15(19-2)16(14)17/h6,9-10,12-13,18H,3-5,7-8,11H2,1-2H3. The van der Waals surface area contributed by atoms with Crippen molar-refractivity contribution in [2.24, 2.45) is 5.92 Å². The highest BCUT2D eigenvalue weighted by Gasteiger charge is 2.20. The predicted molar refractivity (Wildman–Crippen MR) is 75.8 cm³/mol. The Labute approximate surface area is 115 Å². The Morgan fingerprint density at radius 2 is 2.05 bits per heavy atom. The number of benzene rings is 1. The van der Waals surface area contributed by atoms with Gasteiger partial charge in [-0.1, -0.05) is 31.4 Å². The Kier molecular flexibility index (Phi) is 5.20. The molecule has 0 aromatic heterocycles. The molecule has 1 unspecified atom stereocenters. The fourth-order valence-corrected chi connectivity index (χ4v) is 2.92. The number of methoxy groups -OCH3 is 1. The van der Waals surface area contributed by atoms with E-state index in [-0.39, 0.29) is 5.82 Å². The van der Waals surface area contributed by atoms with Crippen LogP contribution in [-0.2, 0) is 6.54 Å². The number of hydrogen-bond acceptors (Lipinski definition) is 2. The second kappa shape index (κ2) is 6.90. The molecule has 0 radical (unpaired) electrons. The molecule has 19 heavy (non-hydrogen) atoms. The maximum Gasteiger partial charge on any atom is 0.169 e. The van der Waals surface area contributed by atoms with Crippen LogP contribution in [0.5, 0.6) is 5.75 Å². The monoisotopic (exact) mass is 265 g/mol. The van der Waals surface area contributed by atoms with Crippen LogP contribution in [0, 0.1) is 11.7 Å². The van der Waals surface area contributed by atoms with Crippen molar-refractivity contribution in [3.8, 4) is 5.75 Å². The van der Waals surface area contributed by atoms with Gasteiger partial charge in [-0.05, 0) is 31.7 Å². The van der Waals surface area contributed by atoms with Gasteiger partial charge in [0.25, 0.3) is 0 Å². The molecule has 2 nitrogen and oxygen atoms in total. The molecule has 0 heterocycles. The van der Waals surface area contributed by atoms with E-state index in [1.807, 2.05) is 12.1 Å². The largest absolute Gasteiger partial charge is 0.494 e. The molecule has 1 fully saturated rings. The summed E-state index contributed by atoms with van der Waals surface area (Å²) in [6.07, 6.45) is 6.64. The van der Waals surface area contributed by atoms with Crippen molar-refractivity contribution in [3.63, 3.8) is 0 Å². The lowest BCUT2D eigenvalue weighted by Gasteiger charge is -2.28. The highest BCUT2D eigenvalue weighted by molar-refractivity contribution is 5.30. The molecule has 1 aliphatic carbocycles. The average Bonchev–Trinajstić information content (AvgIpc) is 2.47. The van der Waals surface area contributed by atoms with Crippen LogP contribution in [0.4, 0.5) is 4.39 Å². The minimum atomic E-state index is -0.242. The molecule has 1 saturated carbocycles. The zero-order valence-electron chi connectivity index (χ0n) is 11.9. The van der Waals surface area contributed by atoms with E-state index < -0.39 is 0 Å². The third kappa shape index (κ3) is 3.69. The first kappa shape index (κ1) is 14.3. The second-order valence-corrected chi connectivity index (χ2v) is 5.50. The summed E-state index contributed by atoms with van der Waals surface area (Å²) >= 11 is 0. The van der Waals surface area contributed by atoms with E-state index in [9.17, 15) is 4.39 Å². The van der Waals surface area contributed by atoms with Crippen molar-refractivity contribution in [3.05, 3.63) is 29.6 Å². The highest BCUT2D eigenvalue weighted by Crippen LogP contribution is 2.27. The molecule has 1 aromatic rings. The van der Waals surface area contributed by atoms with E-state index in [2.05, 4.69) is 12.2 Å². The molecular weight excluding hydrogens is 241 g/mol. The molecule has 0 aliphatic heterocycles. The van der Waals surface area contributed by atoms with Gasteiger partial charge in [0, 0.05) is 18.2 Å². The van der Waals surface area contributed by atoms with Gasteiger partial charge in [-0.25, -0.2) is 4.39 Å². The van der Waals surface area contributed by atoms with Crippen LogP contribution in [0.3, 0.4) is 0 Å². The molecule has 3 heteroatoms. The van der Waals surface area contributed by atoms with Gasteiger partial charge in [0.15, 0.2) is 11.6 Å². The lowest BCUT2D eigenvalue weighted by molar-refractivity contribution is 0.279. The van der Waals surface area contributed by atoms with Gasteiger partial charge in [0.05, 0.1) is 7.11 Å². The SMILES string of the molecule is COc1cccc(CNC(C)C2CCCCC2)c1F. The molecule has 2 rings (SSSR count). The number of halogens is 1. The van der Waals surface area contributed by atoms with Gasteiger partial charge in [-0.15, -0.1) is 0 Å². The fourth-order valence-electron chi connectivity index (χ4n) is 2.92. The number of ether oxygens (including phenoxy) is 1. The number of hydrogen-bond donors (Lipinski definition) is 1. The van der Waals surface area contributed by atoms with Gasteiger partial charge in [-0.2, -0.15) is 0 Å². The second-order valence-electron chi connectivity index (χ2n) is 5.50. The van der Waals surface area contributed by atoms with Crippen LogP contribution in [0.2, 0.25) is 0 Å². The molecule has 0 bridgehead atoms. The molecule has 1 aliphatic rings. The molecular formula is C16H24FNO. The first-order valence-corrected chi connectivity index (χ1v) is 7.27. The molecule has 0 saturated heterocycles. The average molecular weight is 265 g/mol. The van der Waals surface area contributed by atoms with E-state index in [4.69, 9.17) is 4.74 Å². The van der Waals surface area contributed by atoms with Crippen LogP contribution >= 0.6 is 0 Å². The fraction of sp³-hybridized carbons (Fsp3) is 0.625. The van der Waals surface area contributed by atoms with Gasteiger partial charge in [0.2, 0.25) is 0 Å². The van der Waals surface area contributed by atoms with Crippen molar-refractivity contribution in [2.75, 3.05) is 7.11 Å². The quantitative estimate of drug-likeness (QED) is 0.872. The third-order valence-corrected chi connectivity index (χ3v) is 4.23. The smallest absolute Gasteiger partial charge is 0.169 e. The van der Waals surface area contributed by atoms with Crippen LogP contribution in [0.15, 0.2) is 18.2 Å². The van der Waals surface area contributed by atoms with Crippen LogP contribution in [-0.4, -0.2) is 13.2 Å². The Hall–Kier alpha value is -1.09. The molecule has 1 aromatic carbocycles. The van der Waals surface area contributed by atoms with Crippen LogP contribution in [0.1, 0.15) is 44.6 Å². The van der Waals surface area contributed by atoms with Gasteiger partial charge >= 0.3 is 0 Å². The summed E-state index contributed by atoms with van der Waals surface area (Å²) < 4.78 is 19.0. The Bertz CT molecular complexity index is 402. The molecule has 0 spiro atoms. The Morgan fingerprint density at radius 1 is 1.32 bits per heavy atom. The lowest BCUT2D eigenvalue weighted by atomic mass is 9.84. The van der Waals surface area contributed by atoms with Crippen molar-refractivity contribution in [1.29, 1.82) is 0 Å². The van der Waals surface area contributed by atoms with E-state index >= 15 is 0 Å². The van der Waals surface area contributed by atoms with Crippen molar-refractivity contribution < 1.29 is 9.13 Å². The number of nitrogens with one attached hydrogen (secondary N) is 1. The summed E-state index contributed by atoms with van der Waals surface area (Å²) in [7, 11) is 1.50. The summed E-state index contributed by atoms with van der Waals surface area (Å²) in [5.41, 5.74) is 0.682. The summed E-state index contributed by atoms with van der Waals surface area (Å²) in [4.78, 5) is 0. The van der Waals surface area contributed by atoms with Crippen molar-refractivity contribution in [1.82, 2.24) is 5.32 Å². The summed E-state index contributed by atoms with van der Waals surface area (Å²) in [5.74, 6) is 0.820. The molecule has 0 amide bonds. The lowest BCUT2D eigenvalue weighted by Crippen LogP contribution is -2.34. The van der Waals surface area contributed by atoms with E-state index in [0.29, 0.717) is 23.9 Å². The molecule has 106 valence electrons.